The van der Waals surface area contributed by atoms with Crippen LogP contribution >= 0.6 is 11.6 Å². The number of halogens is 1. The molecule has 1 N–H and O–H groups in total. The van der Waals surface area contributed by atoms with E-state index in [1.54, 1.807) is 0 Å². The molecular formula is C6H6ClN3O4. The number of imidazole rings is 1. The molecule has 0 aromatic carbocycles. The molecule has 1 rings (SSSR count). The van der Waals surface area contributed by atoms with Crippen LogP contribution in [-0.4, -0.2) is 31.4 Å². The van der Waals surface area contributed by atoms with Gasteiger partial charge in [-0.1, -0.05) is 0 Å². The highest BCUT2D eigenvalue weighted by Crippen LogP contribution is 2.14. The van der Waals surface area contributed by atoms with Crippen molar-refractivity contribution in [2.24, 2.45) is 0 Å². The third kappa shape index (κ3) is 1.82. The summed E-state index contributed by atoms with van der Waals surface area (Å²) in [5, 5.41) is 19.1. The Labute approximate surface area is 83.1 Å². The highest BCUT2D eigenvalue weighted by atomic mass is 35.5. The van der Waals surface area contributed by atoms with Crippen molar-refractivity contribution in [1.82, 2.24) is 9.55 Å². The first-order valence-corrected chi connectivity index (χ1v) is 4.10. The van der Waals surface area contributed by atoms with E-state index >= 15 is 0 Å². The van der Waals surface area contributed by atoms with E-state index in [1.807, 2.05) is 0 Å². The topological polar surface area (TPSA) is 98.3 Å². The minimum absolute atomic E-state index is 0.0412. The van der Waals surface area contributed by atoms with Gasteiger partial charge in [0.25, 0.3) is 0 Å². The van der Waals surface area contributed by atoms with Gasteiger partial charge in [-0.25, -0.2) is 9.78 Å². The van der Waals surface area contributed by atoms with E-state index in [9.17, 15) is 14.9 Å². The average Bonchev–Trinajstić information content (AvgIpc) is 2.48. The lowest BCUT2D eigenvalue weighted by atomic mass is 10.5. The Kier molecular flexibility index (Phi) is 3.03. The van der Waals surface area contributed by atoms with Crippen molar-refractivity contribution in [1.29, 1.82) is 0 Å². The summed E-state index contributed by atoms with van der Waals surface area (Å²) in [5.74, 6) is -1.99. The molecule has 1 heterocycles. The Morgan fingerprint density at radius 3 is 2.86 bits per heavy atom. The summed E-state index contributed by atoms with van der Waals surface area (Å²) in [4.78, 5) is 23.7. The second kappa shape index (κ2) is 4.05. The molecule has 0 saturated heterocycles. The van der Waals surface area contributed by atoms with Crippen molar-refractivity contribution in [3.05, 3.63) is 22.1 Å². The standard InChI is InChI=1S/C6H6ClN3O4/c7-1-2-9-4(10(13)14)3-8-5(9)6(11)12/h3H,1-2H2,(H,11,12). The van der Waals surface area contributed by atoms with Crippen LogP contribution in [0.3, 0.4) is 0 Å². The molecule has 8 heteroatoms. The summed E-state index contributed by atoms with van der Waals surface area (Å²) in [6, 6.07) is 0. The Hall–Kier alpha value is -1.63. The number of nitrogens with zero attached hydrogens (tertiary/aromatic N) is 3. The van der Waals surface area contributed by atoms with E-state index in [0.717, 1.165) is 10.8 Å². The third-order valence-corrected chi connectivity index (χ3v) is 1.69. The highest BCUT2D eigenvalue weighted by Gasteiger charge is 2.24. The number of hydrogen-bond donors (Lipinski definition) is 1. The Balaban J connectivity index is 3.19. The van der Waals surface area contributed by atoms with Gasteiger partial charge >= 0.3 is 17.6 Å². The van der Waals surface area contributed by atoms with E-state index in [-0.39, 0.29) is 24.1 Å². The maximum absolute atomic E-state index is 10.6. The Morgan fingerprint density at radius 2 is 2.43 bits per heavy atom. The van der Waals surface area contributed by atoms with Crippen LogP contribution in [-0.2, 0) is 6.54 Å². The third-order valence-electron chi connectivity index (χ3n) is 1.52. The quantitative estimate of drug-likeness (QED) is 0.457. The summed E-state index contributed by atoms with van der Waals surface area (Å²) in [5.41, 5.74) is 0. The van der Waals surface area contributed by atoms with Gasteiger partial charge in [-0.15, -0.1) is 11.6 Å². The van der Waals surface area contributed by atoms with Crippen molar-refractivity contribution >= 4 is 23.4 Å². The first-order valence-electron chi connectivity index (χ1n) is 3.57. The van der Waals surface area contributed by atoms with E-state index in [2.05, 4.69) is 4.98 Å². The van der Waals surface area contributed by atoms with Gasteiger partial charge in [-0.3, -0.25) is 0 Å². The summed E-state index contributed by atoms with van der Waals surface area (Å²) < 4.78 is 0.954. The van der Waals surface area contributed by atoms with E-state index in [1.165, 1.54) is 0 Å². The number of nitro groups is 1. The maximum atomic E-state index is 10.6. The van der Waals surface area contributed by atoms with Gasteiger partial charge in [0, 0.05) is 0 Å². The van der Waals surface area contributed by atoms with Crippen molar-refractivity contribution < 1.29 is 14.8 Å². The minimum Gasteiger partial charge on any atom is -0.474 e. The lowest BCUT2D eigenvalue weighted by Gasteiger charge is -1.98. The minimum atomic E-state index is -1.32. The lowest BCUT2D eigenvalue weighted by Crippen LogP contribution is -2.12. The first kappa shape index (κ1) is 10.5. The molecule has 7 nitrogen and oxygen atoms in total. The van der Waals surface area contributed by atoms with Gasteiger partial charge in [0.15, 0.2) is 0 Å². The molecule has 0 radical (unpaired) electrons. The normalized spacial score (nSPS) is 10.1. The number of aromatic nitrogens is 2. The number of carbonyl (C=O) groups is 1. The second-order valence-corrected chi connectivity index (χ2v) is 2.72. The van der Waals surface area contributed by atoms with Crippen LogP contribution in [0.5, 0.6) is 0 Å². The number of alkyl halides is 1. The number of aromatic carboxylic acids is 1. The monoisotopic (exact) mass is 219 g/mol. The first-order chi connectivity index (χ1) is 6.57. The van der Waals surface area contributed by atoms with Crippen LogP contribution in [0.1, 0.15) is 10.6 Å². The molecule has 14 heavy (non-hydrogen) atoms. The summed E-state index contributed by atoms with van der Waals surface area (Å²) in [7, 11) is 0. The number of rotatable bonds is 4. The van der Waals surface area contributed by atoms with Crippen LogP contribution in [0.15, 0.2) is 6.20 Å². The SMILES string of the molecule is O=C(O)c1ncc([N+](=O)[O-])n1CCCl. The smallest absolute Gasteiger partial charge is 0.396 e. The molecule has 0 spiro atoms. The van der Waals surface area contributed by atoms with E-state index < -0.39 is 10.9 Å². The molecule has 0 fully saturated rings. The van der Waals surface area contributed by atoms with Gasteiger partial charge in [0.2, 0.25) is 0 Å². The molecule has 0 aliphatic heterocycles. The summed E-state index contributed by atoms with van der Waals surface area (Å²) in [6.45, 7) is 0.0412. The van der Waals surface area contributed by atoms with Gasteiger partial charge in [-0.2, -0.15) is 4.57 Å². The fourth-order valence-electron chi connectivity index (χ4n) is 0.988. The Morgan fingerprint density at radius 1 is 1.79 bits per heavy atom. The molecule has 0 bridgehead atoms. The summed E-state index contributed by atoms with van der Waals surface area (Å²) in [6.07, 6.45) is 0.899. The van der Waals surface area contributed by atoms with E-state index in [0.29, 0.717) is 0 Å². The predicted octanol–water partition coefficient (Wildman–Crippen LogP) is 0.728. The predicted molar refractivity (Wildman–Crippen MR) is 46.6 cm³/mol. The zero-order valence-electron chi connectivity index (χ0n) is 6.88. The van der Waals surface area contributed by atoms with Crippen LogP contribution < -0.4 is 0 Å². The molecule has 0 saturated carbocycles. The average molecular weight is 220 g/mol. The van der Waals surface area contributed by atoms with Crippen LogP contribution in [0.4, 0.5) is 5.82 Å². The maximum Gasteiger partial charge on any atom is 0.396 e. The summed E-state index contributed by atoms with van der Waals surface area (Å²) >= 11 is 5.38. The fourth-order valence-corrected chi connectivity index (χ4v) is 1.16. The van der Waals surface area contributed by atoms with Gasteiger partial charge < -0.3 is 15.2 Å². The highest BCUT2D eigenvalue weighted by molar-refractivity contribution is 6.17. The van der Waals surface area contributed by atoms with Gasteiger partial charge in [-0.05, 0) is 4.92 Å². The van der Waals surface area contributed by atoms with Gasteiger partial charge in [0.05, 0.1) is 5.88 Å². The molecule has 0 atom stereocenters. The van der Waals surface area contributed by atoms with Crippen LogP contribution in [0, 0.1) is 10.1 Å². The Bertz CT molecular complexity index is 344. The van der Waals surface area contributed by atoms with Gasteiger partial charge in [0.1, 0.15) is 12.7 Å². The number of carboxylic acids is 1. The molecule has 1 aromatic heterocycles. The zero-order chi connectivity index (χ0) is 10.7. The second-order valence-electron chi connectivity index (χ2n) is 2.34. The number of hydrogen-bond acceptors (Lipinski definition) is 4. The molecule has 1 aromatic rings. The van der Waals surface area contributed by atoms with Crippen molar-refractivity contribution in [3.63, 3.8) is 0 Å². The lowest BCUT2D eigenvalue weighted by molar-refractivity contribution is -0.392. The van der Waals surface area contributed by atoms with Crippen molar-refractivity contribution in [2.75, 3.05) is 5.88 Å². The molecule has 0 aliphatic carbocycles. The van der Waals surface area contributed by atoms with Crippen molar-refractivity contribution in [2.45, 2.75) is 6.54 Å². The van der Waals surface area contributed by atoms with Crippen LogP contribution in [0.25, 0.3) is 0 Å². The molecular weight excluding hydrogens is 214 g/mol. The molecule has 0 aliphatic rings. The largest absolute Gasteiger partial charge is 0.474 e. The molecule has 0 unspecified atom stereocenters. The van der Waals surface area contributed by atoms with E-state index in [4.69, 9.17) is 16.7 Å². The molecule has 0 amide bonds. The molecule has 76 valence electrons. The zero-order valence-corrected chi connectivity index (χ0v) is 7.64. The number of carboxylic acid groups (broad SMARTS) is 1. The van der Waals surface area contributed by atoms with Crippen molar-refractivity contribution in [3.8, 4) is 0 Å². The van der Waals surface area contributed by atoms with Crippen LogP contribution in [0.2, 0.25) is 0 Å². The fraction of sp³-hybridized carbons (Fsp3) is 0.333.